The number of aromatic nitrogens is 4. The van der Waals surface area contributed by atoms with Gasteiger partial charge in [-0.2, -0.15) is 9.97 Å². The van der Waals surface area contributed by atoms with Crippen molar-refractivity contribution in [3.63, 3.8) is 0 Å². The van der Waals surface area contributed by atoms with Crippen molar-refractivity contribution in [3.8, 4) is 0 Å². The minimum absolute atomic E-state index is 0.0616. The van der Waals surface area contributed by atoms with E-state index in [1.807, 2.05) is 18.4 Å². The predicted octanol–water partition coefficient (Wildman–Crippen LogP) is 1.38. The van der Waals surface area contributed by atoms with Gasteiger partial charge < -0.3 is 24.9 Å². The summed E-state index contributed by atoms with van der Waals surface area (Å²) in [6.45, 7) is 4.76. The summed E-state index contributed by atoms with van der Waals surface area (Å²) >= 11 is 6.06. The molecule has 0 saturated heterocycles. The summed E-state index contributed by atoms with van der Waals surface area (Å²) in [5.74, 6) is -0.915. The molecule has 0 radical (unpaired) electrons. The zero-order chi connectivity index (χ0) is 16.6. The third-order valence-electron chi connectivity index (χ3n) is 4.25. The van der Waals surface area contributed by atoms with E-state index in [0.29, 0.717) is 30.8 Å². The molecule has 0 bridgehead atoms. The highest BCUT2D eigenvalue weighted by Gasteiger charge is 2.57. The number of anilines is 1. The van der Waals surface area contributed by atoms with Crippen LogP contribution in [0.2, 0.25) is 5.15 Å². The predicted molar refractivity (Wildman–Crippen MR) is 85.0 cm³/mol. The molecule has 126 valence electrons. The lowest BCUT2D eigenvalue weighted by molar-refractivity contribution is -0.329. The Morgan fingerprint density at radius 3 is 2.70 bits per heavy atom. The molecule has 2 heterocycles. The molecular weight excluding hydrogens is 322 g/mol. The number of hydrogen-bond donors (Lipinski definition) is 2. The van der Waals surface area contributed by atoms with E-state index in [2.05, 4.69) is 15.0 Å². The van der Waals surface area contributed by atoms with Crippen LogP contribution in [0, 0.1) is 5.92 Å². The Morgan fingerprint density at radius 1 is 1.39 bits per heavy atom. The lowest BCUT2D eigenvalue weighted by Gasteiger charge is -2.53. The molecule has 23 heavy (non-hydrogen) atoms. The molecule has 8 nitrogen and oxygen atoms in total. The molecule has 0 amide bonds. The average molecular weight is 342 g/mol. The molecule has 2 aromatic heterocycles. The number of imidazole rings is 1. The Labute approximate surface area is 138 Å². The summed E-state index contributed by atoms with van der Waals surface area (Å²) in [6, 6.07) is -0.0616. The molecule has 1 aliphatic carbocycles. The maximum absolute atomic E-state index is 9.85. The van der Waals surface area contributed by atoms with Crippen molar-refractivity contribution in [2.24, 2.45) is 5.92 Å². The van der Waals surface area contributed by atoms with Crippen LogP contribution in [-0.2, 0) is 9.47 Å². The van der Waals surface area contributed by atoms with E-state index in [-0.39, 0.29) is 29.7 Å². The highest BCUT2D eigenvalue weighted by atomic mass is 35.5. The SMILES string of the molecule is CCOC1(OCC)CC(n2cnc3c(Cl)nc(N)nc32)C1CO. The molecule has 3 rings (SSSR count). The molecule has 2 aromatic rings. The fraction of sp³-hybridized carbons (Fsp3) is 0.643. The number of nitrogens with zero attached hydrogens (tertiary/aromatic N) is 4. The van der Waals surface area contributed by atoms with Gasteiger partial charge in [0.15, 0.2) is 16.6 Å². The second-order valence-corrected chi connectivity index (χ2v) is 5.79. The van der Waals surface area contributed by atoms with Crippen LogP contribution in [-0.4, -0.2) is 50.2 Å². The van der Waals surface area contributed by atoms with Crippen LogP contribution < -0.4 is 5.73 Å². The smallest absolute Gasteiger partial charge is 0.223 e. The molecule has 9 heteroatoms. The fourth-order valence-corrected chi connectivity index (χ4v) is 3.49. The van der Waals surface area contributed by atoms with Gasteiger partial charge in [-0.05, 0) is 13.8 Å². The third kappa shape index (κ3) is 2.55. The quantitative estimate of drug-likeness (QED) is 0.603. The van der Waals surface area contributed by atoms with E-state index in [4.69, 9.17) is 26.8 Å². The van der Waals surface area contributed by atoms with Crippen molar-refractivity contribution >= 4 is 28.7 Å². The van der Waals surface area contributed by atoms with Gasteiger partial charge in [-0.15, -0.1) is 0 Å². The van der Waals surface area contributed by atoms with Crippen LogP contribution in [0.5, 0.6) is 0 Å². The van der Waals surface area contributed by atoms with Gasteiger partial charge in [0.2, 0.25) is 5.95 Å². The first kappa shape index (κ1) is 16.4. The van der Waals surface area contributed by atoms with Crippen molar-refractivity contribution in [3.05, 3.63) is 11.5 Å². The number of fused-ring (bicyclic) bond motifs is 1. The van der Waals surface area contributed by atoms with Crippen LogP contribution in [0.15, 0.2) is 6.33 Å². The van der Waals surface area contributed by atoms with Gasteiger partial charge in [0.05, 0.1) is 24.9 Å². The molecule has 1 fully saturated rings. The Morgan fingerprint density at radius 2 is 2.09 bits per heavy atom. The fourth-order valence-electron chi connectivity index (χ4n) is 3.27. The number of halogens is 1. The monoisotopic (exact) mass is 341 g/mol. The van der Waals surface area contributed by atoms with Gasteiger partial charge in [0, 0.05) is 19.6 Å². The summed E-state index contributed by atoms with van der Waals surface area (Å²) in [5.41, 5.74) is 6.72. The van der Waals surface area contributed by atoms with Gasteiger partial charge in [-0.3, -0.25) is 0 Å². The van der Waals surface area contributed by atoms with E-state index >= 15 is 0 Å². The normalized spacial score (nSPS) is 23.1. The number of aliphatic hydroxyl groups is 1. The lowest BCUT2D eigenvalue weighted by atomic mass is 9.72. The summed E-state index contributed by atoms with van der Waals surface area (Å²) in [6.07, 6.45) is 2.23. The van der Waals surface area contributed by atoms with Gasteiger partial charge in [-0.1, -0.05) is 11.6 Å². The minimum atomic E-state index is -0.776. The van der Waals surface area contributed by atoms with E-state index in [9.17, 15) is 5.11 Å². The van der Waals surface area contributed by atoms with Crippen LogP contribution in [0.25, 0.3) is 11.2 Å². The second kappa shape index (κ2) is 6.20. The molecule has 0 aliphatic heterocycles. The van der Waals surface area contributed by atoms with Gasteiger partial charge >= 0.3 is 0 Å². The Kier molecular flexibility index (Phi) is 4.41. The zero-order valence-corrected chi connectivity index (χ0v) is 13.8. The van der Waals surface area contributed by atoms with Crippen LogP contribution >= 0.6 is 11.6 Å². The lowest BCUT2D eigenvalue weighted by Crippen LogP contribution is -2.59. The number of ether oxygens (including phenoxy) is 2. The number of hydrogen-bond acceptors (Lipinski definition) is 7. The molecule has 3 N–H and O–H groups in total. The van der Waals surface area contributed by atoms with E-state index in [0.717, 1.165) is 0 Å². The molecule has 1 saturated carbocycles. The van der Waals surface area contributed by atoms with Gasteiger partial charge in [0.25, 0.3) is 0 Å². The standard InChI is InChI=1S/C14H20ClN5O3/c1-3-22-14(23-4-2)5-9(8(14)6-21)20-7-17-10-11(15)18-13(16)19-12(10)20/h7-9,21H,3-6H2,1-2H3,(H2,16,18,19). The third-order valence-corrected chi connectivity index (χ3v) is 4.51. The summed E-state index contributed by atoms with van der Waals surface area (Å²) in [7, 11) is 0. The van der Waals surface area contributed by atoms with Gasteiger partial charge in [-0.25, -0.2) is 4.98 Å². The van der Waals surface area contributed by atoms with E-state index in [1.165, 1.54) is 0 Å². The maximum Gasteiger partial charge on any atom is 0.223 e. The Hall–Kier alpha value is -1.48. The first-order valence-corrected chi connectivity index (χ1v) is 7.98. The summed E-state index contributed by atoms with van der Waals surface area (Å²) < 4.78 is 13.5. The Bertz CT molecular complexity index is 701. The van der Waals surface area contributed by atoms with E-state index in [1.54, 1.807) is 6.33 Å². The van der Waals surface area contributed by atoms with Crippen LogP contribution in [0.4, 0.5) is 5.95 Å². The first-order valence-electron chi connectivity index (χ1n) is 7.60. The molecular formula is C14H20ClN5O3. The van der Waals surface area contributed by atoms with Gasteiger partial charge in [0.1, 0.15) is 5.52 Å². The van der Waals surface area contributed by atoms with Crippen LogP contribution in [0.1, 0.15) is 26.3 Å². The zero-order valence-electron chi connectivity index (χ0n) is 13.1. The topological polar surface area (TPSA) is 108 Å². The van der Waals surface area contributed by atoms with Crippen molar-refractivity contribution in [2.45, 2.75) is 32.1 Å². The number of aliphatic hydroxyl groups excluding tert-OH is 1. The minimum Gasteiger partial charge on any atom is -0.396 e. The van der Waals surface area contributed by atoms with E-state index < -0.39 is 5.79 Å². The maximum atomic E-state index is 9.85. The summed E-state index contributed by atoms with van der Waals surface area (Å²) in [5, 5.41) is 10.1. The van der Waals surface area contributed by atoms with Crippen molar-refractivity contribution in [1.82, 2.24) is 19.5 Å². The molecule has 2 atom stereocenters. The average Bonchev–Trinajstić information content (AvgIpc) is 2.89. The number of rotatable bonds is 6. The first-order chi connectivity index (χ1) is 11.1. The largest absolute Gasteiger partial charge is 0.396 e. The van der Waals surface area contributed by atoms with Crippen molar-refractivity contribution < 1.29 is 14.6 Å². The van der Waals surface area contributed by atoms with Crippen molar-refractivity contribution in [1.29, 1.82) is 0 Å². The Balaban J connectivity index is 1.97. The summed E-state index contributed by atoms with van der Waals surface area (Å²) in [4.78, 5) is 12.4. The molecule has 0 aromatic carbocycles. The highest BCUT2D eigenvalue weighted by molar-refractivity contribution is 6.33. The molecule has 1 aliphatic rings. The van der Waals surface area contributed by atoms with Crippen LogP contribution in [0.3, 0.4) is 0 Å². The van der Waals surface area contributed by atoms with Crippen molar-refractivity contribution in [2.75, 3.05) is 25.6 Å². The number of nitrogens with two attached hydrogens (primary N) is 1. The molecule has 0 spiro atoms. The molecule has 2 unspecified atom stereocenters. The number of nitrogen functional groups attached to an aromatic ring is 1. The second-order valence-electron chi connectivity index (χ2n) is 5.44. The highest BCUT2D eigenvalue weighted by Crippen LogP contribution is 2.51.